The predicted molar refractivity (Wildman–Crippen MR) is 104 cm³/mol. The van der Waals surface area contributed by atoms with Crippen molar-refractivity contribution in [1.82, 2.24) is 5.32 Å². The van der Waals surface area contributed by atoms with Gasteiger partial charge >= 0.3 is 5.97 Å². The molecule has 27 heavy (non-hydrogen) atoms. The third-order valence-electron chi connectivity index (χ3n) is 4.20. The molecule has 3 rings (SSSR count). The number of Topliss-reactive ketones (excluding diaryl/α,β-unsaturated/α-hetero) is 1. The van der Waals surface area contributed by atoms with Crippen LogP contribution in [0.2, 0.25) is 0 Å². The van der Waals surface area contributed by atoms with E-state index in [4.69, 9.17) is 4.74 Å². The molecule has 1 aliphatic rings. The first-order valence-electron chi connectivity index (χ1n) is 8.43. The smallest absolute Gasteiger partial charge is 0.308 e. The molecule has 0 radical (unpaired) electrons. The lowest BCUT2D eigenvalue weighted by molar-refractivity contribution is -0.132. The lowest BCUT2D eigenvalue weighted by Crippen LogP contribution is -2.55. The number of thioether (sulfide) groups is 1. The van der Waals surface area contributed by atoms with E-state index in [0.717, 1.165) is 10.6 Å². The number of benzene rings is 2. The molecule has 2 aromatic rings. The van der Waals surface area contributed by atoms with Crippen molar-refractivity contribution in [1.29, 1.82) is 0 Å². The number of nitrogens with one attached hydrogen (secondary N) is 1. The van der Waals surface area contributed by atoms with Crippen LogP contribution in [-0.4, -0.2) is 31.3 Å². The Morgan fingerprint density at radius 2 is 1.78 bits per heavy atom. The zero-order valence-corrected chi connectivity index (χ0v) is 16.1. The Bertz CT molecular complexity index is 897. The molecule has 1 aliphatic heterocycles. The molecule has 1 atom stereocenters. The van der Waals surface area contributed by atoms with Crippen LogP contribution in [0.15, 0.2) is 53.4 Å². The average Bonchev–Trinajstić information content (AvgIpc) is 2.64. The molecule has 0 fully saturated rings. The summed E-state index contributed by atoms with van der Waals surface area (Å²) < 4.78 is 5.08. The first-order valence-corrected chi connectivity index (χ1v) is 9.25. The number of hydrogen-bond acceptors (Lipinski definition) is 6. The number of anilines is 1. The first kappa shape index (κ1) is 19.1. The quantitative estimate of drug-likeness (QED) is 0.631. The number of rotatable bonds is 5. The van der Waals surface area contributed by atoms with Crippen LogP contribution in [0.5, 0.6) is 5.75 Å². The highest BCUT2D eigenvalue weighted by Crippen LogP contribution is 2.48. The van der Waals surface area contributed by atoms with Gasteiger partial charge in [-0.05, 0) is 36.8 Å². The van der Waals surface area contributed by atoms with E-state index in [1.807, 2.05) is 24.3 Å². The number of esters is 1. The van der Waals surface area contributed by atoms with Crippen molar-refractivity contribution in [3.63, 3.8) is 0 Å². The fourth-order valence-corrected chi connectivity index (χ4v) is 4.35. The maximum absolute atomic E-state index is 13.3. The van der Waals surface area contributed by atoms with E-state index in [0.29, 0.717) is 11.3 Å². The minimum atomic E-state index is -1.15. The Morgan fingerprint density at radius 1 is 1.11 bits per heavy atom. The molecule has 1 amide bonds. The fraction of sp³-hybridized carbons (Fsp3) is 0.250. The summed E-state index contributed by atoms with van der Waals surface area (Å²) in [6.07, 6.45) is 0. The van der Waals surface area contributed by atoms with Gasteiger partial charge in [-0.25, -0.2) is 0 Å². The van der Waals surface area contributed by atoms with Gasteiger partial charge in [0.1, 0.15) is 11.5 Å². The highest BCUT2D eigenvalue weighted by Gasteiger charge is 2.47. The molecular formula is C20H20N2O4S. The average molecular weight is 384 g/mol. The van der Waals surface area contributed by atoms with E-state index in [2.05, 4.69) is 5.32 Å². The lowest BCUT2D eigenvalue weighted by Gasteiger charge is -2.41. The maximum atomic E-state index is 13.3. The van der Waals surface area contributed by atoms with Gasteiger partial charge in [0.05, 0.1) is 12.2 Å². The van der Waals surface area contributed by atoms with Gasteiger partial charge < -0.3 is 9.64 Å². The number of ketones is 1. The number of carbonyl (C=O) groups excluding carboxylic acids is 3. The van der Waals surface area contributed by atoms with Crippen molar-refractivity contribution in [3.05, 3.63) is 54.1 Å². The molecule has 2 aromatic carbocycles. The first-order chi connectivity index (χ1) is 12.8. The minimum Gasteiger partial charge on any atom is -0.427 e. The third kappa shape index (κ3) is 3.74. The highest BCUT2D eigenvalue weighted by molar-refractivity contribution is 8.01. The van der Waals surface area contributed by atoms with Crippen LogP contribution >= 0.6 is 11.8 Å². The lowest BCUT2D eigenvalue weighted by atomic mass is 10.0. The van der Waals surface area contributed by atoms with Crippen LogP contribution in [0, 0.1) is 0 Å². The van der Waals surface area contributed by atoms with Crippen molar-refractivity contribution >= 4 is 35.1 Å². The number of hydrogen-bond donors (Lipinski definition) is 1. The summed E-state index contributed by atoms with van der Waals surface area (Å²) in [5.74, 6) is -0.257. The van der Waals surface area contributed by atoms with Gasteiger partial charge in [0, 0.05) is 18.9 Å². The number of fused-ring (bicyclic) bond motifs is 1. The van der Waals surface area contributed by atoms with E-state index < -0.39 is 10.8 Å². The summed E-state index contributed by atoms with van der Waals surface area (Å²) in [6.45, 7) is 2.86. The van der Waals surface area contributed by atoms with Crippen LogP contribution in [0.3, 0.4) is 0 Å². The molecular weight excluding hydrogens is 364 g/mol. The molecule has 0 bridgehead atoms. The van der Waals surface area contributed by atoms with E-state index in [-0.39, 0.29) is 18.2 Å². The van der Waals surface area contributed by atoms with Crippen LogP contribution < -0.4 is 15.0 Å². The summed E-state index contributed by atoms with van der Waals surface area (Å²) in [7, 11) is 1.72. The molecule has 1 N–H and O–H groups in total. The second-order valence-corrected chi connectivity index (χ2v) is 7.55. The summed E-state index contributed by atoms with van der Waals surface area (Å²) >= 11 is 1.37. The topological polar surface area (TPSA) is 75.7 Å². The van der Waals surface area contributed by atoms with Crippen LogP contribution in [0.25, 0.3) is 0 Å². The maximum Gasteiger partial charge on any atom is 0.308 e. The predicted octanol–water partition coefficient (Wildman–Crippen LogP) is 2.71. The van der Waals surface area contributed by atoms with E-state index in [1.54, 1.807) is 36.2 Å². The number of nitrogens with zero attached hydrogens (tertiary/aromatic N) is 1. The van der Waals surface area contributed by atoms with Crippen molar-refractivity contribution in [2.24, 2.45) is 0 Å². The SMILES string of the molecule is CC(=O)CNC1(c2ccc(OC(C)=O)cc2)Sc2ccccc2N(C)C1=O. The second-order valence-electron chi connectivity index (χ2n) is 6.29. The number of amides is 1. The Labute approximate surface area is 161 Å². The normalized spacial score (nSPS) is 18.8. The molecule has 140 valence electrons. The van der Waals surface area contributed by atoms with E-state index >= 15 is 0 Å². The number of para-hydroxylation sites is 1. The number of carbonyl (C=O) groups is 3. The zero-order chi connectivity index (χ0) is 19.6. The van der Waals surface area contributed by atoms with Crippen molar-refractivity contribution in [2.75, 3.05) is 18.5 Å². The van der Waals surface area contributed by atoms with Crippen LogP contribution in [0.4, 0.5) is 5.69 Å². The second kappa shape index (κ2) is 7.54. The summed E-state index contributed by atoms with van der Waals surface area (Å²) in [4.78, 5) is 37.5. The third-order valence-corrected chi connectivity index (χ3v) is 5.63. The van der Waals surface area contributed by atoms with Crippen molar-refractivity contribution in [2.45, 2.75) is 23.6 Å². The fourth-order valence-electron chi connectivity index (χ4n) is 2.94. The van der Waals surface area contributed by atoms with E-state index in [9.17, 15) is 14.4 Å². The number of likely N-dealkylation sites (N-methyl/N-ethyl adjacent to an activating group) is 1. The monoisotopic (exact) mass is 384 g/mol. The molecule has 1 unspecified atom stereocenters. The van der Waals surface area contributed by atoms with Gasteiger partial charge in [0.15, 0.2) is 4.87 Å². The number of ether oxygens (including phenoxy) is 1. The van der Waals surface area contributed by atoms with Crippen molar-refractivity contribution < 1.29 is 19.1 Å². The summed E-state index contributed by atoms with van der Waals surface area (Å²) in [5.41, 5.74) is 1.50. The van der Waals surface area contributed by atoms with Crippen molar-refractivity contribution in [3.8, 4) is 5.75 Å². The molecule has 0 aliphatic carbocycles. The van der Waals surface area contributed by atoms with Gasteiger partial charge in [-0.1, -0.05) is 36.0 Å². The Balaban J connectivity index is 2.06. The Morgan fingerprint density at radius 3 is 2.41 bits per heavy atom. The Kier molecular flexibility index (Phi) is 5.34. The Hall–Kier alpha value is -2.64. The van der Waals surface area contributed by atoms with Gasteiger partial charge in [0.2, 0.25) is 0 Å². The highest BCUT2D eigenvalue weighted by atomic mass is 32.2. The molecule has 6 nitrogen and oxygen atoms in total. The van der Waals surface area contributed by atoms with Gasteiger partial charge in [-0.2, -0.15) is 0 Å². The molecule has 0 saturated heterocycles. The van der Waals surface area contributed by atoms with Gasteiger partial charge in [-0.15, -0.1) is 0 Å². The summed E-state index contributed by atoms with van der Waals surface area (Å²) in [5, 5.41) is 3.15. The van der Waals surface area contributed by atoms with Gasteiger partial charge in [0.25, 0.3) is 5.91 Å². The van der Waals surface area contributed by atoms with Crippen LogP contribution in [0.1, 0.15) is 19.4 Å². The molecule has 1 heterocycles. The zero-order valence-electron chi connectivity index (χ0n) is 15.3. The molecule has 0 aromatic heterocycles. The van der Waals surface area contributed by atoms with Gasteiger partial charge in [-0.3, -0.25) is 19.7 Å². The molecule has 0 saturated carbocycles. The molecule has 0 spiro atoms. The minimum absolute atomic E-state index is 0.0560. The standard InChI is InChI=1S/C20H20N2O4S/c1-13(23)12-21-20(15-8-10-16(11-9-15)26-14(2)24)19(25)22(3)17-6-4-5-7-18(17)27-20/h4-11,21H,12H2,1-3H3. The van der Waals surface area contributed by atoms with E-state index in [1.165, 1.54) is 25.6 Å². The summed E-state index contributed by atoms with van der Waals surface area (Å²) in [6, 6.07) is 14.4. The molecule has 7 heteroatoms. The van der Waals surface area contributed by atoms with Crippen LogP contribution in [-0.2, 0) is 19.3 Å². The largest absolute Gasteiger partial charge is 0.427 e.